The van der Waals surface area contributed by atoms with Crippen LogP contribution in [0.4, 0.5) is 0 Å². The van der Waals surface area contributed by atoms with Crippen LogP contribution in [0.5, 0.6) is 0 Å². The predicted octanol–water partition coefficient (Wildman–Crippen LogP) is 0.230. The van der Waals surface area contributed by atoms with Crippen molar-refractivity contribution >= 4 is 0 Å². The quantitative estimate of drug-likeness (QED) is 0.386. The van der Waals surface area contributed by atoms with Crippen LogP contribution in [-0.2, 0) is 0 Å². The summed E-state index contributed by atoms with van der Waals surface area (Å²) in [4.78, 5) is 0. The molecule has 0 radical (unpaired) electrons. The summed E-state index contributed by atoms with van der Waals surface area (Å²) in [5.41, 5.74) is 4.00. The highest BCUT2D eigenvalue weighted by Gasteiger charge is 2.09. The first kappa shape index (κ1) is 6.66. The SMILES string of the molecule is C=CC(N)(O)CC. The van der Waals surface area contributed by atoms with Crippen LogP contribution in [0.25, 0.3) is 0 Å². The van der Waals surface area contributed by atoms with Crippen LogP contribution in [0.1, 0.15) is 13.3 Å². The molecule has 0 aliphatic carbocycles. The molecule has 1 unspecified atom stereocenters. The van der Waals surface area contributed by atoms with Crippen molar-refractivity contribution in [1.82, 2.24) is 0 Å². The Morgan fingerprint density at radius 2 is 2.43 bits per heavy atom. The van der Waals surface area contributed by atoms with Crippen LogP contribution in [-0.4, -0.2) is 10.8 Å². The molecule has 1 atom stereocenters. The summed E-state index contributed by atoms with van der Waals surface area (Å²) in [5.74, 6) is 0. The van der Waals surface area contributed by atoms with Gasteiger partial charge in [0.1, 0.15) is 5.72 Å². The first-order valence-electron chi connectivity index (χ1n) is 2.27. The predicted molar refractivity (Wildman–Crippen MR) is 29.6 cm³/mol. The lowest BCUT2D eigenvalue weighted by Gasteiger charge is -2.13. The van der Waals surface area contributed by atoms with E-state index in [1.54, 1.807) is 6.92 Å². The summed E-state index contributed by atoms with van der Waals surface area (Å²) in [5, 5.41) is 8.79. The third kappa shape index (κ3) is 2.37. The molecule has 0 amide bonds. The molecular formula is C5H11NO. The van der Waals surface area contributed by atoms with E-state index in [2.05, 4.69) is 6.58 Å². The fourth-order valence-corrected chi connectivity index (χ4v) is 0.144. The number of hydrogen-bond donors (Lipinski definition) is 2. The van der Waals surface area contributed by atoms with Gasteiger partial charge in [0, 0.05) is 0 Å². The van der Waals surface area contributed by atoms with E-state index in [4.69, 9.17) is 10.8 Å². The highest BCUT2D eigenvalue weighted by Crippen LogP contribution is 1.99. The fourth-order valence-electron chi connectivity index (χ4n) is 0.144. The summed E-state index contributed by atoms with van der Waals surface area (Å²) < 4.78 is 0. The standard InChI is InChI=1S/C5H11NO/c1-3-5(6,7)4-2/h3,7H,1,4,6H2,2H3. The van der Waals surface area contributed by atoms with E-state index in [9.17, 15) is 0 Å². The van der Waals surface area contributed by atoms with Gasteiger partial charge in [0.15, 0.2) is 0 Å². The van der Waals surface area contributed by atoms with Crippen LogP contribution in [0.15, 0.2) is 12.7 Å². The zero-order chi connectivity index (χ0) is 5.91. The summed E-state index contributed by atoms with van der Waals surface area (Å²) >= 11 is 0. The molecule has 0 aliphatic heterocycles. The van der Waals surface area contributed by atoms with E-state index in [1.807, 2.05) is 0 Å². The third-order valence-corrected chi connectivity index (χ3v) is 0.920. The van der Waals surface area contributed by atoms with Gasteiger partial charge >= 0.3 is 0 Å². The minimum absolute atomic E-state index is 0.510. The molecule has 0 saturated heterocycles. The molecule has 3 N–H and O–H groups in total. The van der Waals surface area contributed by atoms with Crippen LogP contribution >= 0.6 is 0 Å². The number of aliphatic hydroxyl groups is 1. The second-order valence-electron chi connectivity index (χ2n) is 1.55. The average molecular weight is 101 g/mol. The Labute approximate surface area is 43.6 Å². The van der Waals surface area contributed by atoms with E-state index >= 15 is 0 Å². The Hall–Kier alpha value is -0.340. The van der Waals surface area contributed by atoms with Crippen molar-refractivity contribution in [2.45, 2.75) is 19.1 Å². The average Bonchev–Trinajstić information content (AvgIpc) is 1.68. The molecule has 0 aromatic rings. The summed E-state index contributed by atoms with van der Waals surface area (Å²) in [6, 6.07) is 0. The maximum absolute atomic E-state index is 8.79. The minimum atomic E-state index is -1.15. The van der Waals surface area contributed by atoms with Crippen molar-refractivity contribution in [3.63, 3.8) is 0 Å². The molecule has 7 heavy (non-hydrogen) atoms. The van der Waals surface area contributed by atoms with E-state index in [-0.39, 0.29) is 0 Å². The Bertz CT molecular complexity index is 68.5. The molecule has 0 aromatic heterocycles. The van der Waals surface area contributed by atoms with Gasteiger partial charge in [0.25, 0.3) is 0 Å². The smallest absolute Gasteiger partial charge is 0.132 e. The molecule has 0 aliphatic rings. The summed E-state index contributed by atoms with van der Waals surface area (Å²) in [6.07, 6.45) is 1.84. The fraction of sp³-hybridized carbons (Fsp3) is 0.600. The van der Waals surface area contributed by atoms with Crippen molar-refractivity contribution in [2.75, 3.05) is 0 Å². The monoisotopic (exact) mass is 101 g/mol. The van der Waals surface area contributed by atoms with Gasteiger partial charge in [-0.15, -0.1) is 0 Å². The van der Waals surface area contributed by atoms with Crippen LogP contribution < -0.4 is 5.73 Å². The van der Waals surface area contributed by atoms with Crippen molar-refractivity contribution < 1.29 is 5.11 Å². The lowest BCUT2D eigenvalue weighted by molar-refractivity contribution is 0.0947. The molecule has 0 fully saturated rings. The topological polar surface area (TPSA) is 46.2 Å². The van der Waals surface area contributed by atoms with Gasteiger partial charge in [-0.05, 0) is 12.5 Å². The maximum Gasteiger partial charge on any atom is 0.132 e. The highest BCUT2D eigenvalue weighted by molar-refractivity contribution is 4.88. The molecule has 2 nitrogen and oxygen atoms in total. The van der Waals surface area contributed by atoms with Gasteiger partial charge in [0.05, 0.1) is 0 Å². The highest BCUT2D eigenvalue weighted by atomic mass is 16.3. The molecule has 0 heterocycles. The van der Waals surface area contributed by atoms with Gasteiger partial charge in [0.2, 0.25) is 0 Å². The Morgan fingerprint density at radius 3 is 2.43 bits per heavy atom. The van der Waals surface area contributed by atoms with E-state index in [0.29, 0.717) is 6.42 Å². The van der Waals surface area contributed by atoms with E-state index in [1.165, 1.54) is 6.08 Å². The van der Waals surface area contributed by atoms with Crippen molar-refractivity contribution in [1.29, 1.82) is 0 Å². The second kappa shape index (κ2) is 2.09. The van der Waals surface area contributed by atoms with E-state index in [0.717, 1.165) is 0 Å². The molecule has 0 rings (SSSR count). The summed E-state index contributed by atoms with van der Waals surface area (Å²) in [6.45, 7) is 5.12. The van der Waals surface area contributed by atoms with Gasteiger partial charge in [-0.1, -0.05) is 13.5 Å². The van der Waals surface area contributed by atoms with Crippen LogP contribution in [0, 0.1) is 0 Å². The second-order valence-corrected chi connectivity index (χ2v) is 1.55. The van der Waals surface area contributed by atoms with Gasteiger partial charge in [-0.25, -0.2) is 0 Å². The molecule has 0 saturated carbocycles. The van der Waals surface area contributed by atoms with Crippen molar-refractivity contribution in [2.24, 2.45) is 5.73 Å². The Balaban J connectivity index is 3.58. The molecule has 42 valence electrons. The third-order valence-electron chi connectivity index (χ3n) is 0.920. The first-order valence-corrected chi connectivity index (χ1v) is 2.27. The molecule has 0 spiro atoms. The minimum Gasteiger partial charge on any atom is -0.372 e. The zero-order valence-corrected chi connectivity index (χ0v) is 4.52. The largest absolute Gasteiger partial charge is 0.372 e. The first-order chi connectivity index (χ1) is 3.12. The number of hydrogen-bond acceptors (Lipinski definition) is 2. The lowest BCUT2D eigenvalue weighted by Crippen LogP contribution is -2.35. The van der Waals surface area contributed by atoms with Crippen LogP contribution in [0.2, 0.25) is 0 Å². The van der Waals surface area contributed by atoms with Crippen molar-refractivity contribution in [3.05, 3.63) is 12.7 Å². The lowest BCUT2D eigenvalue weighted by atomic mass is 10.2. The summed E-state index contributed by atoms with van der Waals surface area (Å²) in [7, 11) is 0. The number of nitrogens with two attached hydrogens (primary N) is 1. The van der Waals surface area contributed by atoms with Crippen molar-refractivity contribution in [3.8, 4) is 0 Å². The normalized spacial score (nSPS) is 18.1. The van der Waals surface area contributed by atoms with Gasteiger partial charge in [-0.2, -0.15) is 0 Å². The Morgan fingerprint density at radius 1 is 2.00 bits per heavy atom. The molecule has 0 bridgehead atoms. The van der Waals surface area contributed by atoms with E-state index < -0.39 is 5.72 Å². The van der Waals surface area contributed by atoms with Gasteiger partial charge in [-0.3, -0.25) is 0 Å². The molecule has 0 aromatic carbocycles. The molecular weight excluding hydrogens is 90.1 g/mol. The van der Waals surface area contributed by atoms with Gasteiger partial charge < -0.3 is 10.8 Å². The zero-order valence-electron chi connectivity index (χ0n) is 4.52. The Kier molecular flexibility index (Phi) is 1.99. The molecule has 2 heteroatoms. The van der Waals surface area contributed by atoms with Crippen LogP contribution in [0.3, 0.4) is 0 Å². The maximum atomic E-state index is 8.79. The number of rotatable bonds is 2.